The Balaban J connectivity index is 1.72. The standard InChI is InChI=1S/C13H21N3/c1-2-5-16-12(3-4-15-16)13(14)11-7-9-6-10(9)8-11/h3-4,9-11,13H,2,5-8,14H2,1H3. The molecular formula is C13H21N3. The van der Waals surface area contributed by atoms with Gasteiger partial charge in [-0.25, -0.2) is 0 Å². The summed E-state index contributed by atoms with van der Waals surface area (Å²) in [5.41, 5.74) is 7.64. The quantitative estimate of drug-likeness (QED) is 0.844. The van der Waals surface area contributed by atoms with Crippen LogP contribution < -0.4 is 5.73 Å². The number of nitrogens with zero attached hydrogens (tertiary/aromatic N) is 2. The smallest absolute Gasteiger partial charge is 0.0554 e. The van der Waals surface area contributed by atoms with Gasteiger partial charge in [-0.3, -0.25) is 4.68 Å². The van der Waals surface area contributed by atoms with Crippen LogP contribution in [0.3, 0.4) is 0 Å². The molecule has 3 rings (SSSR count). The van der Waals surface area contributed by atoms with Gasteiger partial charge in [0.2, 0.25) is 0 Å². The molecule has 1 aromatic heterocycles. The van der Waals surface area contributed by atoms with Crippen molar-refractivity contribution < 1.29 is 0 Å². The van der Waals surface area contributed by atoms with Crippen LogP contribution in [0.2, 0.25) is 0 Å². The van der Waals surface area contributed by atoms with Crippen molar-refractivity contribution in [1.29, 1.82) is 0 Å². The van der Waals surface area contributed by atoms with Crippen molar-refractivity contribution in [2.75, 3.05) is 0 Å². The first-order valence-corrected chi connectivity index (χ1v) is 6.57. The molecule has 3 nitrogen and oxygen atoms in total. The molecule has 0 amide bonds. The van der Waals surface area contributed by atoms with E-state index in [-0.39, 0.29) is 6.04 Å². The maximum absolute atomic E-state index is 6.40. The van der Waals surface area contributed by atoms with Crippen LogP contribution in [0.15, 0.2) is 12.3 Å². The van der Waals surface area contributed by atoms with Crippen LogP contribution in [0, 0.1) is 17.8 Å². The third-order valence-corrected chi connectivity index (χ3v) is 4.31. The minimum Gasteiger partial charge on any atom is -0.322 e. The van der Waals surface area contributed by atoms with Gasteiger partial charge in [0.05, 0.1) is 5.69 Å². The van der Waals surface area contributed by atoms with Crippen LogP contribution in [-0.4, -0.2) is 9.78 Å². The highest BCUT2D eigenvalue weighted by Crippen LogP contribution is 2.56. The summed E-state index contributed by atoms with van der Waals surface area (Å²) < 4.78 is 2.09. The molecule has 2 saturated carbocycles. The van der Waals surface area contributed by atoms with Crippen molar-refractivity contribution in [1.82, 2.24) is 9.78 Å². The topological polar surface area (TPSA) is 43.8 Å². The maximum Gasteiger partial charge on any atom is 0.0554 e. The summed E-state index contributed by atoms with van der Waals surface area (Å²) in [4.78, 5) is 0. The van der Waals surface area contributed by atoms with Gasteiger partial charge in [-0.15, -0.1) is 0 Å². The molecule has 0 aliphatic heterocycles. The Morgan fingerprint density at radius 1 is 1.44 bits per heavy atom. The molecule has 2 aliphatic rings. The Morgan fingerprint density at radius 3 is 2.88 bits per heavy atom. The van der Waals surface area contributed by atoms with E-state index in [0.29, 0.717) is 5.92 Å². The van der Waals surface area contributed by atoms with E-state index in [1.807, 2.05) is 6.20 Å². The number of hydrogen-bond donors (Lipinski definition) is 1. The van der Waals surface area contributed by atoms with Crippen molar-refractivity contribution in [3.63, 3.8) is 0 Å². The van der Waals surface area contributed by atoms with E-state index in [9.17, 15) is 0 Å². The molecular weight excluding hydrogens is 198 g/mol. The van der Waals surface area contributed by atoms with Gasteiger partial charge in [0.15, 0.2) is 0 Å². The predicted octanol–water partition coefficient (Wildman–Crippen LogP) is 2.34. The third-order valence-electron chi connectivity index (χ3n) is 4.31. The summed E-state index contributed by atoms with van der Waals surface area (Å²) >= 11 is 0. The molecule has 3 heteroatoms. The summed E-state index contributed by atoms with van der Waals surface area (Å²) in [7, 11) is 0. The average Bonchev–Trinajstić information content (AvgIpc) is 2.74. The van der Waals surface area contributed by atoms with E-state index in [4.69, 9.17) is 5.73 Å². The van der Waals surface area contributed by atoms with E-state index in [1.165, 1.54) is 25.0 Å². The highest BCUT2D eigenvalue weighted by atomic mass is 15.3. The first-order chi connectivity index (χ1) is 7.79. The number of fused-ring (bicyclic) bond motifs is 1. The second kappa shape index (κ2) is 3.88. The molecule has 3 unspecified atom stereocenters. The molecule has 0 radical (unpaired) electrons. The fourth-order valence-electron chi connectivity index (χ4n) is 3.32. The Labute approximate surface area is 97.0 Å². The number of hydrogen-bond acceptors (Lipinski definition) is 2. The zero-order valence-corrected chi connectivity index (χ0v) is 9.97. The lowest BCUT2D eigenvalue weighted by Gasteiger charge is -2.21. The summed E-state index contributed by atoms with van der Waals surface area (Å²) in [5.74, 6) is 2.73. The van der Waals surface area contributed by atoms with Crippen molar-refractivity contribution in [2.24, 2.45) is 23.5 Å². The molecule has 1 heterocycles. The van der Waals surface area contributed by atoms with Crippen LogP contribution in [0.25, 0.3) is 0 Å². The lowest BCUT2D eigenvalue weighted by Crippen LogP contribution is -2.23. The largest absolute Gasteiger partial charge is 0.322 e. The van der Waals surface area contributed by atoms with Gasteiger partial charge in [-0.05, 0) is 49.5 Å². The van der Waals surface area contributed by atoms with Crippen LogP contribution in [0.4, 0.5) is 0 Å². The molecule has 2 fully saturated rings. The molecule has 0 aromatic carbocycles. The Bertz CT molecular complexity index is 361. The number of rotatable bonds is 4. The molecule has 16 heavy (non-hydrogen) atoms. The fourth-order valence-corrected chi connectivity index (χ4v) is 3.32. The van der Waals surface area contributed by atoms with Crippen molar-refractivity contribution >= 4 is 0 Å². The van der Waals surface area contributed by atoms with Gasteiger partial charge < -0.3 is 5.73 Å². The molecule has 2 aliphatic carbocycles. The zero-order chi connectivity index (χ0) is 11.1. The Hall–Kier alpha value is -0.830. The van der Waals surface area contributed by atoms with Crippen LogP contribution in [0.5, 0.6) is 0 Å². The van der Waals surface area contributed by atoms with Crippen LogP contribution >= 0.6 is 0 Å². The van der Waals surface area contributed by atoms with E-state index >= 15 is 0 Å². The van der Waals surface area contributed by atoms with E-state index in [1.54, 1.807) is 0 Å². The number of aromatic nitrogens is 2. The third kappa shape index (κ3) is 1.67. The second-order valence-electron chi connectivity index (χ2n) is 5.49. The Kier molecular flexibility index (Phi) is 2.51. The molecule has 88 valence electrons. The summed E-state index contributed by atoms with van der Waals surface area (Å²) in [6, 6.07) is 2.31. The fraction of sp³-hybridized carbons (Fsp3) is 0.769. The van der Waals surface area contributed by atoms with Crippen LogP contribution in [-0.2, 0) is 6.54 Å². The summed E-state index contributed by atoms with van der Waals surface area (Å²) in [6.45, 7) is 3.18. The Morgan fingerprint density at radius 2 is 2.19 bits per heavy atom. The zero-order valence-electron chi connectivity index (χ0n) is 9.97. The van der Waals surface area contributed by atoms with Gasteiger partial charge in [-0.2, -0.15) is 5.10 Å². The lowest BCUT2D eigenvalue weighted by atomic mass is 9.93. The van der Waals surface area contributed by atoms with Crippen molar-refractivity contribution in [3.05, 3.63) is 18.0 Å². The normalized spacial score (nSPS) is 33.8. The molecule has 0 spiro atoms. The molecule has 2 N–H and O–H groups in total. The number of nitrogens with two attached hydrogens (primary N) is 1. The van der Waals surface area contributed by atoms with Gasteiger partial charge >= 0.3 is 0 Å². The van der Waals surface area contributed by atoms with Gasteiger partial charge in [0.1, 0.15) is 0 Å². The maximum atomic E-state index is 6.40. The van der Waals surface area contributed by atoms with Gasteiger partial charge in [-0.1, -0.05) is 6.92 Å². The molecule has 0 saturated heterocycles. The molecule has 1 aromatic rings. The van der Waals surface area contributed by atoms with Gasteiger partial charge in [0.25, 0.3) is 0 Å². The van der Waals surface area contributed by atoms with Crippen molar-refractivity contribution in [3.8, 4) is 0 Å². The van der Waals surface area contributed by atoms with Crippen LogP contribution in [0.1, 0.15) is 44.3 Å². The highest BCUT2D eigenvalue weighted by Gasteiger charge is 2.47. The predicted molar refractivity (Wildman–Crippen MR) is 63.8 cm³/mol. The van der Waals surface area contributed by atoms with Crippen molar-refractivity contribution in [2.45, 2.75) is 45.2 Å². The summed E-state index contributed by atoms with van der Waals surface area (Å²) in [6.07, 6.45) is 7.18. The lowest BCUT2D eigenvalue weighted by molar-refractivity contribution is 0.380. The highest BCUT2D eigenvalue weighted by molar-refractivity contribution is 5.11. The van der Waals surface area contributed by atoms with E-state index in [2.05, 4.69) is 22.8 Å². The van der Waals surface area contributed by atoms with E-state index < -0.39 is 0 Å². The monoisotopic (exact) mass is 219 g/mol. The summed E-state index contributed by atoms with van der Waals surface area (Å²) in [5, 5.41) is 4.37. The SMILES string of the molecule is CCCn1nccc1C(N)C1CC2CC2C1. The minimum atomic E-state index is 0.210. The average molecular weight is 219 g/mol. The molecule has 3 atom stereocenters. The first kappa shape index (κ1) is 10.3. The van der Waals surface area contributed by atoms with Gasteiger partial charge in [0, 0.05) is 18.8 Å². The number of aryl methyl sites for hydroxylation is 1. The minimum absolute atomic E-state index is 0.210. The molecule has 0 bridgehead atoms. The second-order valence-corrected chi connectivity index (χ2v) is 5.49. The van der Waals surface area contributed by atoms with E-state index in [0.717, 1.165) is 24.8 Å². The first-order valence-electron chi connectivity index (χ1n) is 6.57.